The van der Waals surface area contributed by atoms with Crippen molar-refractivity contribution < 1.29 is 33.4 Å². The molecule has 0 unspecified atom stereocenters. The zero-order valence-electron chi connectivity index (χ0n) is 33.3. The normalized spacial score (nSPS) is 21.3. The van der Waals surface area contributed by atoms with Crippen LogP contribution in [0.4, 0.5) is 0 Å². The average molecular weight is 788 g/mol. The Morgan fingerprint density at radius 2 is 1.60 bits per heavy atom. The second kappa shape index (κ2) is 18.8. The summed E-state index contributed by atoms with van der Waals surface area (Å²) < 4.78 is 13.2. The molecule has 306 valence electrons. The van der Waals surface area contributed by atoms with Gasteiger partial charge in [0.1, 0.15) is 41.9 Å². The first-order valence-corrected chi connectivity index (χ1v) is 19.2. The molecule has 2 aromatic carbocycles. The molecular formula is C41H53N7O9. The van der Waals surface area contributed by atoms with Crippen molar-refractivity contribution in [1.82, 2.24) is 35.3 Å². The fraction of sp³-hybridized carbons (Fsp3) is 0.488. The molecule has 3 aromatic rings. The fourth-order valence-electron chi connectivity index (χ4n) is 6.70. The molecule has 16 nitrogen and oxygen atoms in total. The molecule has 3 aliphatic rings. The van der Waals surface area contributed by atoms with Gasteiger partial charge < -0.3 is 35.6 Å². The summed E-state index contributed by atoms with van der Waals surface area (Å²) in [7, 11) is 4.15. The molecule has 3 heterocycles. The molecule has 4 N–H and O–H groups in total. The summed E-state index contributed by atoms with van der Waals surface area (Å²) in [5, 5.41) is 11.3. The number of rotatable bonds is 9. The lowest BCUT2D eigenvalue weighted by molar-refractivity contribution is -0.140. The molecule has 1 saturated carbocycles. The van der Waals surface area contributed by atoms with Gasteiger partial charge in [0.15, 0.2) is 0 Å². The number of ether oxygens (including phenoxy) is 2. The topological polar surface area (TPSA) is 199 Å². The monoisotopic (exact) mass is 787 g/mol. The molecule has 6 rings (SSSR count). The van der Waals surface area contributed by atoms with E-state index < -0.39 is 53.0 Å². The number of amides is 5. The van der Waals surface area contributed by atoms with Crippen molar-refractivity contribution in [2.75, 3.05) is 26.8 Å². The number of methoxy groups -OCH3 is 1. The Morgan fingerprint density at radius 1 is 0.912 bits per heavy atom. The Morgan fingerprint density at radius 3 is 2.23 bits per heavy atom. The van der Waals surface area contributed by atoms with Crippen molar-refractivity contribution >= 4 is 29.5 Å². The lowest BCUT2D eigenvalue weighted by atomic mass is 10.0. The van der Waals surface area contributed by atoms with Gasteiger partial charge in [0.25, 0.3) is 11.5 Å². The van der Waals surface area contributed by atoms with Crippen LogP contribution in [-0.2, 0) is 46.1 Å². The average Bonchev–Trinajstić information content (AvgIpc) is 4.00. The number of carbonyl (C=O) groups is 5. The van der Waals surface area contributed by atoms with Crippen molar-refractivity contribution in [2.24, 2.45) is 25.9 Å². The van der Waals surface area contributed by atoms with E-state index in [4.69, 9.17) is 9.47 Å². The van der Waals surface area contributed by atoms with E-state index in [0.717, 1.165) is 28.0 Å². The maximum absolute atomic E-state index is 14.3. The Kier molecular flexibility index (Phi) is 13.9. The second-order valence-corrected chi connectivity index (χ2v) is 15.4. The molecule has 57 heavy (non-hydrogen) atoms. The fourth-order valence-corrected chi connectivity index (χ4v) is 6.70. The smallest absolute Gasteiger partial charge is 0.331 e. The van der Waals surface area contributed by atoms with E-state index in [1.165, 1.54) is 33.0 Å². The summed E-state index contributed by atoms with van der Waals surface area (Å²) in [6.07, 6.45) is 2.44. The third-order valence-corrected chi connectivity index (χ3v) is 10.1. The van der Waals surface area contributed by atoms with Gasteiger partial charge in [0.2, 0.25) is 23.6 Å². The van der Waals surface area contributed by atoms with Crippen molar-refractivity contribution in [3.05, 3.63) is 92.3 Å². The van der Waals surface area contributed by atoms with Gasteiger partial charge in [-0.25, -0.2) is 4.79 Å². The van der Waals surface area contributed by atoms with Gasteiger partial charge in [-0.05, 0) is 73.4 Å². The maximum atomic E-state index is 14.3. The van der Waals surface area contributed by atoms with Gasteiger partial charge >= 0.3 is 5.69 Å². The van der Waals surface area contributed by atoms with Gasteiger partial charge in [-0.15, -0.1) is 0 Å². The van der Waals surface area contributed by atoms with Gasteiger partial charge in [0, 0.05) is 39.5 Å². The molecule has 1 fully saturated rings. The molecular weight excluding hydrogens is 734 g/mol. The van der Waals surface area contributed by atoms with Crippen LogP contribution in [-0.4, -0.2) is 94.5 Å². The molecule has 1 aliphatic carbocycles. The largest absolute Gasteiger partial charge is 0.497 e. The Hall–Kier alpha value is -5.93. The standard InChI is InChI=1S/C41H53N7O9/c1-24(2)17-29-23-57-31-15-11-27(12-16-31)19-33(45-39(53)34-20-36(50)47(5)41(55)46(34)4)38(52)44-32(18-26-9-13-30(56-6)14-10-26)37(51)42-25(3)40(54)48(21-28-7-8-28)22-35(49)43-29/h9-16,20,24-25,28-29,32-33H,7-8,17-19,21-23H2,1-6H3,(H,42,51)(H,43,49)(H,44,52)(H,45,53)/t25-,29+,32+,33+/m1/s1. The highest BCUT2D eigenvalue weighted by Gasteiger charge is 2.34. The number of carbonyl (C=O) groups excluding carboxylic acids is 5. The van der Waals surface area contributed by atoms with E-state index in [1.54, 1.807) is 48.5 Å². The van der Waals surface area contributed by atoms with Crippen LogP contribution in [0, 0.1) is 11.8 Å². The number of nitrogens with zero attached hydrogens (tertiary/aromatic N) is 3. The number of aromatic nitrogens is 2. The maximum Gasteiger partial charge on any atom is 0.331 e. The minimum absolute atomic E-state index is 0.00381. The van der Waals surface area contributed by atoms with Crippen LogP contribution in [0.1, 0.15) is 61.6 Å². The summed E-state index contributed by atoms with van der Waals surface area (Å²) in [5.74, 6) is -1.46. The van der Waals surface area contributed by atoms with Gasteiger partial charge in [0.05, 0.1) is 19.7 Å². The van der Waals surface area contributed by atoms with E-state index in [2.05, 4.69) is 21.3 Å². The van der Waals surface area contributed by atoms with Gasteiger partial charge in [-0.2, -0.15) is 0 Å². The van der Waals surface area contributed by atoms with Crippen LogP contribution in [0.15, 0.2) is 64.2 Å². The van der Waals surface area contributed by atoms with Crippen LogP contribution in [0.25, 0.3) is 0 Å². The predicted molar refractivity (Wildman–Crippen MR) is 211 cm³/mol. The molecule has 16 heteroatoms. The van der Waals surface area contributed by atoms with Gasteiger partial charge in [-0.1, -0.05) is 38.1 Å². The number of fused-ring (bicyclic) bond motifs is 17. The van der Waals surface area contributed by atoms with E-state index in [-0.39, 0.29) is 55.5 Å². The zero-order chi connectivity index (χ0) is 41.4. The second-order valence-electron chi connectivity index (χ2n) is 15.4. The molecule has 2 bridgehead atoms. The Balaban J connectivity index is 1.51. The predicted octanol–water partition coefficient (Wildman–Crippen LogP) is 0.828. The molecule has 4 atom stereocenters. The third-order valence-electron chi connectivity index (χ3n) is 10.1. The molecule has 2 aliphatic heterocycles. The lowest BCUT2D eigenvalue weighted by Gasteiger charge is -2.29. The van der Waals surface area contributed by atoms with Crippen LogP contribution in [0.3, 0.4) is 0 Å². The zero-order valence-corrected chi connectivity index (χ0v) is 33.3. The molecule has 0 saturated heterocycles. The van der Waals surface area contributed by atoms with E-state index >= 15 is 0 Å². The van der Waals surface area contributed by atoms with Crippen LogP contribution >= 0.6 is 0 Å². The van der Waals surface area contributed by atoms with Crippen molar-refractivity contribution in [3.8, 4) is 11.5 Å². The van der Waals surface area contributed by atoms with Crippen LogP contribution in [0.5, 0.6) is 11.5 Å². The first-order valence-electron chi connectivity index (χ1n) is 19.2. The van der Waals surface area contributed by atoms with Gasteiger partial charge in [-0.3, -0.25) is 37.9 Å². The SMILES string of the molecule is COc1ccc(C[C@@H]2NC(=O)[C@@H](NC(=O)c3cc(=O)n(C)c(=O)n3C)Cc3ccc(cc3)OC[C@H](CC(C)C)NC(=O)CN(CC3CC3)C(=O)[C@@H](C)NC2=O)cc1. The third kappa shape index (κ3) is 11.6. The quantitative estimate of drug-likeness (QED) is 0.227. The highest BCUT2D eigenvalue weighted by atomic mass is 16.5. The number of hydrogen-bond donors (Lipinski definition) is 4. The Labute approximate surface area is 331 Å². The minimum atomic E-state index is -1.29. The van der Waals surface area contributed by atoms with E-state index in [1.807, 2.05) is 13.8 Å². The van der Waals surface area contributed by atoms with Crippen molar-refractivity contribution in [1.29, 1.82) is 0 Å². The summed E-state index contributed by atoms with van der Waals surface area (Å²) in [4.78, 5) is 96.0. The molecule has 5 amide bonds. The van der Waals surface area contributed by atoms with Crippen LogP contribution in [0.2, 0.25) is 0 Å². The first-order chi connectivity index (χ1) is 27.1. The van der Waals surface area contributed by atoms with Crippen molar-refractivity contribution in [2.45, 2.75) is 77.0 Å². The molecule has 1 aromatic heterocycles. The summed E-state index contributed by atoms with van der Waals surface area (Å²) >= 11 is 0. The van der Waals surface area contributed by atoms with E-state index in [0.29, 0.717) is 35.6 Å². The Bertz CT molecular complexity index is 2060. The summed E-state index contributed by atoms with van der Waals surface area (Å²) in [6.45, 7) is 5.93. The number of benzene rings is 2. The first kappa shape index (κ1) is 42.2. The van der Waals surface area contributed by atoms with Crippen LogP contribution < -0.4 is 42.0 Å². The van der Waals surface area contributed by atoms with Crippen molar-refractivity contribution in [3.63, 3.8) is 0 Å². The highest BCUT2D eigenvalue weighted by molar-refractivity contribution is 5.98. The number of hydrogen-bond acceptors (Lipinski definition) is 9. The minimum Gasteiger partial charge on any atom is -0.497 e. The molecule has 0 spiro atoms. The summed E-state index contributed by atoms with van der Waals surface area (Å²) in [5.41, 5.74) is -0.406. The summed E-state index contributed by atoms with van der Waals surface area (Å²) in [6, 6.07) is 10.9. The highest BCUT2D eigenvalue weighted by Crippen LogP contribution is 2.30. The van der Waals surface area contributed by atoms with E-state index in [9.17, 15) is 33.6 Å². The number of nitrogens with one attached hydrogen (secondary N) is 4. The molecule has 0 radical (unpaired) electrons. The lowest BCUT2D eigenvalue weighted by Crippen LogP contribution is -2.58.